The summed E-state index contributed by atoms with van der Waals surface area (Å²) in [6.07, 6.45) is 0. The van der Waals surface area contributed by atoms with E-state index in [-0.39, 0.29) is 11.6 Å². The zero-order valence-electron chi connectivity index (χ0n) is 6.47. The van der Waals surface area contributed by atoms with Crippen molar-refractivity contribution in [2.75, 3.05) is 0 Å². The van der Waals surface area contributed by atoms with Crippen molar-refractivity contribution in [2.24, 2.45) is 0 Å². The van der Waals surface area contributed by atoms with Crippen LogP contribution in [0.25, 0.3) is 10.1 Å². The summed E-state index contributed by atoms with van der Waals surface area (Å²) in [6.45, 7) is 1.76. The van der Waals surface area contributed by atoms with Crippen LogP contribution < -0.4 is 0 Å². The minimum Gasteiger partial charge on any atom is -0.507 e. The van der Waals surface area contributed by atoms with Gasteiger partial charge in [-0.1, -0.05) is 6.07 Å². The van der Waals surface area contributed by atoms with Gasteiger partial charge >= 0.3 is 0 Å². The van der Waals surface area contributed by atoms with Gasteiger partial charge in [-0.15, -0.1) is 11.3 Å². The molecule has 1 N–H and O–H groups in total. The molecule has 0 unspecified atom stereocenters. The van der Waals surface area contributed by atoms with Gasteiger partial charge in [0.1, 0.15) is 11.6 Å². The minimum atomic E-state index is -0.337. The number of aryl methyl sites for hydroxylation is 1. The molecule has 2 rings (SSSR count). The molecule has 0 amide bonds. The Morgan fingerprint density at radius 2 is 2.17 bits per heavy atom. The van der Waals surface area contributed by atoms with Crippen LogP contribution in [-0.4, -0.2) is 5.11 Å². The van der Waals surface area contributed by atoms with Crippen molar-refractivity contribution in [2.45, 2.75) is 6.92 Å². The molecule has 0 fully saturated rings. The lowest BCUT2D eigenvalue weighted by molar-refractivity contribution is 0.475. The van der Waals surface area contributed by atoms with Crippen molar-refractivity contribution in [1.29, 1.82) is 0 Å². The van der Waals surface area contributed by atoms with E-state index in [0.717, 1.165) is 4.70 Å². The number of fused-ring (bicyclic) bond motifs is 1. The third-order valence-electron chi connectivity index (χ3n) is 1.87. The van der Waals surface area contributed by atoms with E-state index in [1.54, 1.807) is 13.0 Å². The molecule has 0 atom stereocenters. The second-order valence-electron chi connectivity index (χ2n) is 2.69. The van der Waals surface area contributed by atoms with E-state index in [1.165, 1.54) is 16.7 Å². The molecule has 1 heterocycles. The van der Waals surface area contributed by atoms with Crippen molar-refractivity contribution in [3.63, 3.8) is 0 Å². The van der Waals surface area contributed by atoms with E-state index in [2.05, 4.69) is 0 Å². The molecule has 2 aromatic rings. The van der Waals surface area contributed by atoms with Crippen molar-refractivity contribution in [1.82, 2.24) is 0 Å². The van der Waals surface area contributed by atoms with E-state index in [9.17, 15) is 9.50 Å². The number of phenols is 1. The average Bonchev–Trinajstić information content (AvgIpc) is 2.41. The Balaban J connectivity index is 2.96. The molecule has 0 spiro atoms. The quantitative estimate of drug-likeness (QED) is 0.663. The van der Waals surface area contributed by atoms with Crippen molar-refractivity contribution >= 4 is 21.4 Å². The first-order chi connectivity index (χ1) is 5.70. The fourth-order valence-corrected chi connectivity index (χ4v) is 1.99. The number of aromatic hydroxyl groups is 1. The maximum Gasteiger partial charge on any atom is 0.145 e. The smallest absolute Gasteiger partial charge is 0.145 e. The average molecular weight is 182 g/mol. The molecular formula is C9H7FOS. The minimum absolute atomic E-state index is 0.0613. The number of phenolic OH excluding ortho intramolecular Hbond substituents is 1. The normalized spacial score (nSPS) is 10.8. The van der Waals surface area contributed by atoms with Crippen LogP contribution in [0.3, 0.4) is 0 Å². The van der Waals surface area contributed by atoms with Gasteiger partial charge in [-0.05, 0) is 18.6 Å². The van der Waals surface area contributed by atoms with Gasteiger partial charge in [0.25, 0.3) is 0 Å². The van der Waals surface area contributed by atoms with E-state index >= 15 is 0 Å². The van der Waals surface area contributed by atoms with E-state index in [1.807, 2.05) is 6.07 Å². The lowest BCUT2D eigenvalue weighted by Gasteiger charge is -1.98. The van der Waals surface area contributed by atoms with Crippen LogP contribution in [0.1, 0.15) is 5.56 Å². The molecule has 62 valence electrons. The predicted octanol–water partition coefficient (Wildman–Crippen LogP) is 3.05. The van der Waals surface area contributed by atoms with Gasteiger partial charge in [0.05, 0.1) is 5.39 Å². The summed E-state index contributed by atoms with van der Waals surface area (Å²) < 4.78 is 13.8. The highest BCUT2D eigenvalue weighted by atomic mass is 32.1. The van der Waals surface area contributed by atoms with Crippen molar-refractivity contribution < 1.29 is 9.50 Å². The van der Waals surface area contributed by atoms with Crippen LogP contribution >= 0.6 is 11.3 Å². The number of benzene rings is 1. The molecule has 0 radical (unpaired) electrons. The number of hydrogen-bond donors (Lipinski definition) is 1. The molecule has 0 aliphatic carbocycles. The summed E-state index contributed by atoms with van der Waals surface area (Å²) in [7, 11) is 0. The molecule has 0 aliphatic rings. The first kappa shape index (κ1) is 7.55. The van der Waals surface area contributed by atoms with E-state index in [4.69, 9.17) is 0 Å². The Morgan fingerprint density at radius 1 is 1.42 bits per heavy atom. The number of thiophene rings is 1. The van der Waals surface area contributed by atoms with Gasteiger partial charge in [0.15, 0.2) is 0 Å². The number of hydrogen-bond acceptors (Lipinski definition) is 2. The molecule has 0 saturated heterocycles. The monoisotopic (exact) mass is 182 g/mol. The fourth-order valence-electron chi connectivity index (χ4n) is 1.18. The molecule has 1 aromatic carbocycles. The van der Waals surface area contributed by atoms with Gasteiger partial charge in [0.2, 0.25) is 0 Å². The highest BCUT2D eigenvalue weighted by molar-refractivity contribution is 7.17. The van der Waals surface area contributed by atoms with Gasteiger partial charge in [-0.2, -0.15) is 0 Å². The molecule has 3 heteroatoms. The highest BCUT2D eigenvalue weighted by Crippen LogP contribution is 2.34. The third-order valence-corrected chi connectivity index (χ3v) is 2.79. The lowest BCUT2D eigenvalue weighted by Crippen LogP contribution is -1.76. The first-order valence-corrected chi connectivity index (χ1v) is 4.43. The third kappa shape index (κ3) is 0.898. The summed E-state index contributed by atoms with van der Waals surface area (Å²) in [6, 6.07) is 3.60. The van der Waals surface area contributed by atoms with Crippen molar-refractivity contribution in [3.8, 4) is 5.75 Å². The topological polar surface area (TPSA) is 20.2 Å². The molecule has 1 nitrogen and oxygen atoms in total. The zero-order chi connectivity index (χ0) is 8.72. The first-order valence-electron chi connectivity index (χ1n) is 3.55. The Kier molecular flexibility index (Phi) is 1.54. The predicted molar refractivity (Wildman–Crippen MR) is 48.2 cm³/mol. The van der Waals surface area contributed by atoms with Crippen molar-refractivity contribution in [3.05, 3.63) is 28.9 Å². The molecular weight excluding hydrogens is 175 g/mol. The Labute approximate surface area is 73.1 Å². The second kappa shape index (κ2) is 2.45. The highest BCUT2D eigenvalue weighted by Gasteiger charge is 2.09. The van der Waals surface area contributed by atoms with Crippen LogP contribution in [0.2, 0.25) is 0 Å². The van der Waals surface area contributed by atoms with Gasteiger partial charge < -0.3 is 5.11 Å². The molecule has 12 heavy (non-hydrogen) atoms. The standard InChI is InChI=1S/C9H7FOS/c1-5-2-3-7-8(9(5)11)6(10)4-12-7/h2-4,11H,1H3. The van der Waals surface area contributed by atoms with Gasteiger partial charge in [0, 0.05) is 10.1 Å². The summed E-state index contributed by atoms with van der Waals surface area (Å²) in [5.41, 5.74) is 0.708. The maximum absolute atomic E-state index is 13.0. The van der Waals surface area contributed by atoms with Gasteiger partial charge in [-0.3, -0.25) is 0 Å². The summed E-state index contributed by atoms with van der Waals surface area (Å²) in [5.74, 6) is -0.276. The molecule has 0 saturated carbocycles. The van der Waals surface area contributed by atoms with Crippen LogP contribution in [0, 0.1) is 12.7 Å². The van der Waals surface area contributed by atoms with E-state index in [0.29, 0.717) is 10.9 Å². The van der Waals surface area contributed by atoms with Crippen LogP contribution in [0.15, 0.2) is 17.5 Å². The van der Waals surface area contributed by atoms with Crippen LogP contribution in [0.5, 0.6) is 5.75 Å². The summed E-state index contributed by atoms with van der Waals surface area (Å²) in [5, 5.41) is 11.2. The number of halogens is 1. The Morgan fingerprint density at radius 3 is 2.92 bits per heavy atom. The molecule has 0 bridgehead atoms. The largest absolute Gasteiger partial charge is 0.507 e. The van der Waals surface area contributed by atoms with Crippen LogP contribution in [-0.2, 0) is 0 Å². The SMILES string of the molecule is Cc1ccc2scc(F)c2c1O. The zero-order valence-corrected chi connectivity index (χ0v) is 7.28. The fraction of sp³-hybridized carbons (Fsp3) is 0.111. The molecule has 0 aliphatic heterocycles. The van der Waals surface area contributed by atoms with Crippen LogP contribution in [0.4, 0.5) is 4.39 Å². The summed E-state index contributed by atoms with van der Waals surface area (Å²) >= 11 is 1.30. The number of rotatable bonds is 0. The maximum atomic E-state index is 13.0. The Bertz CT molecular complexity index is 433. The summed E-state index contributed by atoms with van der Waals surface area (Å²) in [4.78, 5) is 0. The Hall–Kier alpha value is -1.09. The second-order valence-corrected chi connectivity index (χ2v) is 3.60. The van der Waals surface area contributed by atoms with E-state index < -0.39 is 0 Å². The van der Waals surface area contributed by atoms with Gasteiger partial charge in [-0.25, -0.2) is 4.39 Å². The molecule has 1 aromatic heterocycles. The lowest BCUT2D eigenvalue weighted by atomic mass is 10.1.